The predicted octanol–water partition coefficient (Wildman–Crippen LogP) is 2.84. The van der Waals surface area contributed by atoms with Gasteiger partial charge in [-0.1, -0.05) is 19.9 Å². The summed E-state index contributed by atoms with van der Waals surface area (Å²) in [6, 6.07) is 4.89. The number of benzene rings is 1. The molecule has 1 N–H and O–H groups in total. The molecule has 84 valence electrons. The molecular formula is C12H14FN3. The van der Waals surface area contributed by atoms with Crippen LogP contribution >= 0.6 is 0 Å². The number of nitrogens with zero attached hydrogens (tertiary/aromatic N) is 2. The van der Waals surface area contributed by atoms with E-state index in [9.17, 15) is 4.39 Å². The monoisotopic (exact) mass is 219 g/mol. The lowest BCUT2D eigenvalue weighted by atomic mass is 10.2. The van der Waals surface area contributed by atoms with E-state index in [0.29, 0.717) is 17.3 Å². The molecule has 1 aromatic heterocycles. The van der Waals surface area contributed by atoms with Gasteiger partial charge in [-0.2, -0.15) is 0 Å². The van der Waals surface area contributed by atoms with Crippen LogP contribution in [0.3, 0.4) is 0 Å². The van der Waals surface area contributed by atoms with Crippen LogP contribution in [0.1, 0.15) is 13.8 Å². The molecule has 0 aliphatic heterocycles. The van der Waals surface area contributed by atoms with Gasteiger partial charge in [0.2, 0.25) is 0 Å². The Hall–Kier alpha value is -1.71. The van der Waals surface area contributed by atoms with Gasteiger partial charge in [0, 0.05) is 11.9 Å². The number of aromatic nitrogens is 2. The Balaban J connectivity index is 2.42. The van der Waals surface area contributed by atoms with Gasteiger partial charge in [0.05, 0.1) is 0 Å². The zero-order chi connectivity index (χ0) is 11.5. The van der Waals surface area contributed by atoms with Gasteiger partial charge in [-0.25, -0.2) is 14.4 Å². The molecule has 4 heteroatoms. The second-order valence-corrected chi connectivity index (χ2v) is 4.13. The standard InChI is InChI=1S/C12H14FN3/c1-8(2)6-14-12-9-4-3-5-10(13)11(9)15-7-16-12/h3-5,7-8H,6H2,1-2H3,(H,14,15,16). The van der Waals surface area contributed by atoms with Crippen LogP contribution in [-0.4, -0.2) is 16.5 Å². The van der Waals surface area contributed by atoms with Crippen LogP contribution in [0.4, 0.5) is 10.2 Å². The highest BCUT2D eigenvalue weighted by molar-refractivity contribution is 5.89. The van der Waals surface area contributed by atoms with Crippen LogP contribution in [0.25, 0.3) is 10.9 Å². The first-order valence-corrected chi connectivity index (χ1v) is 5.31. The fourth-order valence-corrected chi connectivity index (χ4v) is 1.49. The number of hydrogen-bond acceptors (Lipinski definition) is 3. The van der Waals surface area contributed by atoms with Gasteiger partial charge in [-0.05, 0) is 18.1 Å². The number of para-hydroxylation sites is 1. The lowest BCUT2D eigenvalue weighted by Crippen LogP contribution is -2.09. The molecule has 0 unspecified atom stereocenters. The van der Waals surface area contributed by atoms with Gasteiger partial charge < -0.3 is 5.32 Å². The molecule has 0 aliphatic rings. The lowest BCUT2D eigenvalue weighted by molar-refractivity contribution is 0.636. The van der Waals surface area contributed by atoms with E-state index < -0.39 is 0 Å². The lowest BCUT2D eigenvalue weighted by Gasteiger charge is -2.10. The Morgan fingerprint density at radius 1 is 1.31 bits per heavy atom. The summed E-state index contributed by atoms with van der Waals surface area (Å²) in [5.41, 5.74) is 0.365. The molecule has 0 fully saturated rings. The predicted molar refractivity (Wildman–Crippen MR) is 62.8 cm³/mol. The molecule has 2 aromatic rings. The highest BCUT2D eigenvalue weighted by atomic mass is 19.1. The minimum atomic E-state index is -0.313. The summed E-state index contributed by atoms with van der Waals surface area (Å²) >= 11 is 0. The summed E-state index contributed by atoms with van der Waals surface area (Å²) in [5.74, 6) is 0.893. The normalized spacial score (nSPS) is 11.0. The molecule has 0 amide bonds. The van der Waals surface area contributed by atoms with Crippen molar-refractivity contribution >= 4 is 16.7 Å². The van der Waals surface area contributed by atoms with Gasteiger partial charge in [0.1, 0.15) is 23.5 Å². The van der Waals surface area contributed by atoms with Crippen molar-refractivity contribution in [1.82, 2.24) is 9.97 Å². The molecule has 0 radical (unpaired) electrons. The van der Waals surface area contributed by atoms with Gasteiger partial charge in [0.25, 0.3) is 0 Å². The van der Waals surface area contributed by atoms with Crippen LogP contribution in [0.15, 0.2) is 24.5 Å². The van der Waals surface area contributed by atoms with Crippen molar-refractivity contribution in [2.45, 2.75) is 13.8 Å². The third kappa shape index (κ3) is 2.10. The second-order valence-electron chi connectivity index (χ2n) is 4.13. The van der Waals surface area contributed by atoms with Crippen molar-refractivity contribution in [2.24, 2.45) is 5.92 Å². The Bertz CT molecular complexity index is 497. The summed E-state index contributed by atoms with van der Waals surface area (Å²) < 4.78 is 13.4. The molecule has 0 saturated heterocycles. The molecule has 1 aromatic carbocycles. The van der Waals surface area contributed by atoms with Crippen molar-refractivity contribution in [3.63, 3.8) is 0 Å². The van der Waals surface area contributed by atoms with Gasteiger partial charge >= 0.3 is 0 Å². The molecule has 2 rings (SSSR count). The van der Waals surface area contributed by atoms with Crippen LogP contribution in [0, 0.1) is 11.7 Å². The zero-order valence-corrected chi connectivity index (χ0v) is 9.37. The highest BCUT2D eigenvalue weighted by Gasteiger charge is 2.06. The Kier molecular flexibility index (Phi) is 2.99. The summed E-state index contributed by atoms with van der Waals surface area (Å²) in [5, 5.41) is 3.92. The number of hydrogen-bond donors (Lipinski definition) is 1. The molecule has 0 bridgehead atoms. The summed E-state index contributed by atoms with van der Waals surface area (Å²) in [4.78, 5) is 8.07. The van der Waals surface area contributed by atoms with E-state index in [-0.39, 0.29) is 5.82 Å². The average Bonchev–Trinajstić information content (AvgIpc) is 2.27. The van der Waals surface area contributed by atoms with Crippen molar-refractivity contribution in [1.29, 1.82) is 0 Å². The highest BCUT2D eigenvalue weighted by Crippen LogP contribution is 2.21. The molecule has 0 saturated carbocycles. The van der Waals surface area contributed by atoms with E-state index >= 15 is 0 Å². The smallest absolute Gasteiger partial charge is 0.149 e. The maximum atomic E-state index is 13.4. The van der Waals surface area contributed by atoms with Gasteiger partial charge in [0.15, 0.2) is 0 Å². The molecule has 0 aliphatic carbocycles. The average molecular weight is 219 g/mol. The molecule has 1 heterocycles. The van der Waals surface area contributed by atoms with E-state index in [1.165, 1.54) is 12.4 Å². The largest absolute Gasteiger partial charge is 0.369 e. The number of fused-ring (bicyclic) bond motifs is 1. The summed E-state index contributed by atoms with van der Waals surface area (Å²) in [6.07, 6.45) is 1.38. The molecule has 0 spiro atoms. The van der Waals surface area contributed by atoms with Crippen LogP contribution < -0.4 is 5.32 Å². The number of anilines is 1. The van der Waals surface area contributed by atoms with E-state index in [4.69, 9.17) is 0 Å². The molecule has 3 nitrogen and oxygen atoms in total. The third-order valence-corrected chi connectivity index (χ3v) is 2.29. The Labute approximate surface area is 93.7 Å². The quantitative estimate of drug-likeness (QED) is 0.862. The maximum absolute atomic E-state index is 13.4. The first kappa shape index (κ1) is 10.8. The molecular weight excluding hydrogens is 205 g/mol. The van der Waals surface area contributed by atoms with Gasteiger partial charge in [-0.3, -0.25) is 0 Å². The SMILES string of the molecule is CC(C)CNc1ncnc2c(F)cccc12. The molecule has 0 atom stereocenters. The van der Waals surface area contributed by atoms with Crippen molar-refractivity contribution in [3.8, 4) is 0 Å². The minimum absolute atomic E-state index is 0.313. The van der Waals surface area contributed by atoms with Crippen molar-refractivity contribution in [3.05, 3.63) is 30.3 Å². The summed E-state index contributed by atoms with van der Waals surface area (Å²) in [6.45, 7) is 5.02. The minimum Gasteiger partial charge on any atom is -0.369 e. The first-order valence-electron chi connectivity index (χ1n) is 5.31. The number of rotatable bonds is 3. The van der Waals surface area contributed by atoms with Crippen molar-refractivity contribution in [2.75, 3.05) is 11.9 Å². The van der Waals surface area contributed by atoms with Crippen LogP contribution in [0.2, 0.25) is 0 Å². The first-order chi connectivity index (χ1) is 7.68. The summed E-state index contributed by atoms with van der Waals surface area (Å²) in [7, 11) is 0. The Morgan fingerprint density at radius 3 is 2.88 bits per heavy atom. The number of nitrogens with one attached hydrogen (secondary N) is 1. The van der Waals surface area contributed by atoms with E-state index in [1.54, 1.807) is 6.07 Å². The maximum Gasteiger partial charge on any atom is 0.149 e. The second kappa shape index (κ2) is 4.43. The Morgan fingerprint density at radius 2 is 2.12 bits per heavy atom. The zero-order valence-electron chi connectivity index (χ0n) is 9.37. The van der Waals surface area contributed by atoms with Crippen molar-refractivity contribution < 1.29 is 4.39 Å². The topological polar surface area (TPSA) is 37.8 Å². The third-order valence-electron chi connectivity index (χ3n) is 2.29. The molecule has 16 heavy (non-hydrogen) atoms. The van der Waals surface area contributed by atoms with Crippen LogP contribution in [-0.2, 0) is 0 Å². The fourth-order valence-electron chi connectivity index (χ4n) is 1.49. The number of halogens is 1. The van der Waals surface area contributed by atoms with E-state index in [2.05, 4.69) is 29.1 Å². The van der Waals surface area contributed by atoms with E-state index in [1.807, 2.05) is 6.07 Å². The van der Waals surface area contributed by atoms with Crippen LogP contribution in [0.5, 0.6) is 0 Å². The van der Waals surface area contributed by atoms with E-state index in [0.717, 1.165) is 11.9 Å². The van der Waals surface area contributed by atoms with Gasteiger partial charge in [-0.15, -0.1) is 0 Å². The fraction of sp³-hybridized carbons (Fsp3) is 0.333.